The number of fused-ring (bicyclic) bond motifs is 5. The lowest BCUT2D eigenvalue weighted by atomic mass is 9.45. The van der Waals surface area contributed by atoms with Gasteiger partial charge in [-0.25, -0.2) is 0 Å². The number of hydrogen-bond donors (Lipinski definition) is 1. The second-order valence-corrected chi connectivity index (χ2v) is 9.51. The summed E-state index contributed by atoms with van der Waals surface area (Å²) < 4.78 is 0. The summed E-state index contributed by atoms with van der Waals surface area (Å²) in [5.41, 5.74) is 6.37. The van der Waals surface area contributed by atoms with Crippen molar-refractivity contribution in [1.29, 1.82) is 0 Å². The van der Waals surface area contributed by atoms with Crippen molar-refractivity contribution in [3.8, 4) is 0 Å². The molecule has 6 heteroatoms. The number of oxime groups is 1. The molecule has 0 aromatic rings. The fourth-order valence-corrected chi connectivity index (χ4v) is 6.89. The average Bonchev–Trinajstić information content (AvgIpc) is 2.92. The Morgan fingerprint density at radius 1 is 1.11 bits per heavy atom. The number of carbonyl (C=O) groups is 2. The predicted octanol–water partition coefficient (Wildman–Crippen LogP) is 3.53. The van der Waals surface area contributed by atoms with Crippen LogP contribution in [-0.2, 0) is 14.4 Å². The molecule has 0 radical (unpaired) electrons. The van der Waals surface area contributed by atoms with Gasteiger partial charge in [0.15, 0.2) is 0 Å². The minimum absolute atomic E-state index is 0. The Labute approximate surface area is 168 Å². The van der Waals surface area contributed by atoms with Crippen LogP contribution in [0.15, 0.2) is 5.16 Å². The third kappa shape index (κ3) is 3.15. The van der Waals surface area contributed by atoms with Gasteiger partial charge in [-0.15, -0.1) is 12.4 Å². The summed E-state index contributed by atoms with van der Waals surface area (Å²) in [7, 11) is 0. The second kappa shape index (κ2) is 7.47. The molecule has 4 aliphatic rings. The molecule has 4 fully saturated rings. The molecule has 4 saturated carbocycles. The largest absolute Gasteiger partial charge is 0.395 e. The standard InChI is InChI=1S/C21H32N2O3.ClH/c1-20-7-5-13(23-26-10-9-22)11-17(20)18(24)12-14-15-3-4-19(25)21(15,2)8-6-16(14)20;/h14-17H,3-12,22H2,1-2H3;1H. The zero-order valence-corrected chi connectivity index (χ0v) is 17.4. The van der Waals surface area contributed by atoms with Crippen molar-refractivity contribution in [2.45, 2.75) is 65.2 Å². The first kappa shape index (κ1) is 20.8. The van der Waals surface area contributed by atoms with Crippen LogP contribution in [0.4, 0.5) is 0 Å². The minimum Gasteiger partial charge on any atom is -0.395 e. The van der Waals surface area contributed by atoms with Gasteiger partial charge >= 0.3 is 0 Å². The summed E-state index contributed by atoms with van der Waals surface area (Å²) >= 11 is 0. The third-order valence-corrected chi connectivity index (χ3v) is 8.41. The Balaban J connectivity index is 0.00000210. The Bertz CT molecular complexity index is 651. The number of rotatable bonds is 3. The highest BCUT2D eigenvalue weighted by Crippen LogP contribution is 2.64. The fraction of sp³-hybridized carbons (Fsp3) is 0.857. The van der Waals surface area contributed by atoms with Crippen molar-refractivity contribution < 1.29 is 14.4 Å². The lowest BCUT2D eigenvalue weighted by Gasteiger charge is -2.58. The first-order chi connectivity index (χ1) is 12.4. The van der Waals surface area contributed by atoms with Gasteiger partial charge in [0.25, 0.3) is 0 Å². The van der Waals surface area contributed by atoms with Gasteiger partial charge < -0.3 is 10.6 Å². The molecule has 5 nitrogen and oxygen atoms in total. The van der Waals surface area contributed by atoms with E-state index in [1.54, 1.807) is 0 Å². The van der Waals surface area contributed by atoms with Crippen molar-refractivity contribution in [2.24, 2.45) is 45.4 Å². The summed E-state index contributed by atoms with van der Waals surface area (Å²) in [6.45, 7) is 5.39. The van der Waals surface area contributed by atoms with Gasteiger partial charge in [-0.05, 0) is 61.7 Å². The van der Waals surface area contributed by atoms with Gasteiger partial charge in [0, 0.05) is 30.7 Å². The predicted molar refractivity (Wildman–Crippen MR) is 107 cm³/mol. The monoisotopic (exact) mass is 396 g/mol. The lowest BCUT2D eigenvalue weighted by Crippen LogP contribution is -2.56. The van der Waals surface area contributed by atoms with Crippen LogP contribution in [-0.4, -0.2) is 30.4 Å². The van der Waals surface area contributed by atoms with E-state index in [9.17, 15) is 9.59 Å². The van der Waals surface area contributed by atoms with Crippen molar-refractivity contribution >= 4 is 29.7 Å². The molecule has 27 heavy (non-hydrogen) atoms. The van der Waals surface area contributed by atoms with Gasteiger partial charge in [0.1, 0.15) is 18.2 Å². The summed E-state index contributed by atoms with van der Waals surface area (Å²) in [5.74, 6) is 2.29. The van der Waals surface area contributed by atoms with Crippen LogP contribution in [0.2, 0.25) is 0 Å². The number of ketones is 2. The number of Topliss-reactive ketones (excluding diaryl/α,β-unsaturated/α-hetero) is 2. The van der Waals surface area contributed by atoms with Crippen LogP contribution in [0.1, 0.15) is 65.2 Å². The zero-order valence-electron chi connectivity index (χ0n) is 16.5. The molecule has 4 aliphatic carbocycles. The van der Waals surface area contributed by atoms with Crippen LogP contribution in [0.5, 0.6) is 0 Å². The Hall–Kier alpha value is -0.940. The van der Waals surface area contributed by atoms with Crippen LogP contribution >= 0.6 is 12.4 Å². The van der Waals surface area contributed by atoms with Gasteiger partial charge in [-0.1, -0.05) is 19.0 Å². The molecule has 4 rings (SSSR count). The topological polar surface area (TPSA) is 81.8 Å². The number of nitrogens with two attached hydrogens (primary N) is 1. The SMILES string of the molecule is CC12CCC3C(CC(=O)C4CC(=NOCCN)CCC43C)C1CCC2=O.Cl. The van der Waals surface area contributed by atoms with E-state index >= 15 is 0 Å². The van der Waals surface area contributed by atoms with Gasteiger partial charge in [-0.3, -0.25) is 9.59 Å². The quantitative estimate of drug-likeness (QED) is 0.584. The molecule has 6 unspecified atom stereocenters. The molecule has 2 N–H and O–H groups in total. The Kier molecular flexibility index (Phi) is 5.75. The normalized spacial score (nSPS) is 44.9. The highest BCUT2D eigenvalue weighted by Gasteiger charge is 2.62. The van der Waals surface area contributed by atoms with E-state index in [1.165, 1.54) is 0 Å². The van der Waals surface area contributed by atoms with E-state index in [-0.39, 0.29) is 29.2 Å². The molecule has 0 saturated heterocycles. The average molecular weight is 397 g/mol. The maximum Gasteiger partial charge on any atom is 0.139 e. The molecule has 0 aromatic heterocycles. The lowest BCUT2D eigenvalue weighted by molar-refractivity contribution is -0.152. The molecule has 0 spiro atoms. The molecule has 6 atom stereocenters. The van der Waals surface area contributed by atoms with Crippen molar-refractivity contribution in [3.63, 3.8) is 0 Å². The highest BCUT2D eigenvalue weighted by atomic mass is 35.5. The van der Waals surface area contributed by atoms with Gasteiger partial charge in [-0.2, -0.15) is 0 Å². The summed E-state index contributed by atoms with van der Waals surface area (Å²) in [4.78, 5) is 30.9. The van der Waals surface area contributed by atoms with E-state index in [2.05, 4.69) is 19.0 Å². The molecule has 152 valence electrons. The van der Waals surface area contributed by atoms with Crippen molar-refractivity contribution in [1.82, 2.24) is 0 Å². The first-order valence-electron chi connectivity index (χ1n) is 10.3. The van der Waals surface area contributed by atoms with Crippen LogP contribution in [0, 0.1) is 34.5 Å². The smallest absolute Gasteiger partial charge is 0.139 e. The third-order valence-electron chi connectivity index (χ3n) is 8.41. The molecule has 0 bridgehead atoms. The molecular weight excluding hydrogens is 364 g/mol. The molecule has 0 amide bonds. The molecule has 0 aromatic carbocycles. The van der Waals surface area contributed by atoms with Gasteiger partial charge in [0.2, 0.25) is 0 Å². The molecule has 0 aliphatic heterocycles. The maximum absolute atomic E-state index is 13.1. The van der Waals surface area contributed by atoms with Crippen molar-refractivity contribution in [2.75, 3.05) is 13.2 Å². The number of hydrogen-bond acceptors (Lipinski definition) is 5. The fourth-order valence-electron chi connectivity index (χ4n) is 6.89. The van der Waals surface area contributed by atoms with Crippen LogP contribution in [0.25, 0.3) is 0 Å². The minimum atomic E-state index is -0.165. The Morgan fingerprint density at radius 2 is 1.89 bits per heavy atom. The highest BCUT2D eigenvalue weighted by molar-refractivity contribution is 5.93. The van der Waals surface area contributed by atoms with E-state index in [0.29, 0.717) is 55.3 Å². The molecule has 0 heterocycles. The number of nitrogens with zero attached hydrogens (tertiary/aromatic N) is 1. The zero-order chi connectivity index (χ0) is 18.5. The Morgan fingerprint density at radius 3 is 2.63 bits per heavy atom. The van der Waals surface area contributed by atoms with Crippen LogP contribution < -0.4 is 5.73 Å². The van der Waals surface area contributed by atoms with E-state index < -0.39 is 0 Å². The summed E-state index contributed by atoms with van der Waals surface area (Å²) in [5, 5.41) is 4.25. The number of halogens is 1. The summed E-state index contributed by atoms with van der Waals surface area (Å²) in [6, 6.07) is 0. The van der Waals surface area contributed by atoms with Gasteiger partial charge in [0.05, 0.1) is 5.71 Å². The summed E-state index contributed by atoms with van der Waals surface area (Å²) in [6.07, 6.45) is 7.13. The second-order valence-electron chi connectivity index (χ2n) is 9.51. The number of carbonyl (C=O) groups excluding carboxylic acids is 2. The van der Waals surface area contributed by atoms with E-state index in [0.717, 1.165) is 44.2 Å². The molecular formula is C21H33ClN2O3. The van der Waals surface area contributed by atoms with E-state index in [1.807, 2.05) is 0 Å². The van der Waals surface area contributed by atoms with E-state index in [4.69, 9.17) is 10.6 Å². The van der Waals surface area contributed by atoms with Crippen LogP contribution in [0.3, 0.4) is 0 Å². The van der Waals surface area contributed by atoms with Crippen molar-refractivity contribution in [3.05, 3.63) is 0 Å². The first-order valence-corrected chi connectivity index (χ1v) is 10.3. The maximum atomic E-state index is 13.1.